The lowest BCUT2D eigenvalue weighted by molar-refractivity contribution is 0.668. The van der Waals surface area contributed by atoms with Crippen molar-refractivity contribution in [3.63, 3.8) is 0 Å². The summed E-state index contributed by atoms with van der Waals surface area (Å²) in [5.41, 5.74) is 12.2. The largest absolute Gasteiger partial charge is 0.456 e. The van der Waals surface area contributed by atoms with Crippen molar-refractivity contribution in [2.24, 2.45) is 4.99 Å². The van der Waals surface area contributed by atoms with Crippen LogP contribution in [0.15, 0.2) is 101 Å². The molecule has 0 fully saturated rings. The van der Waals surface area contributed by atoms with Gasteiger partial charge in [-0.3, -0.25) is 4.99 Å². The van der Waals surface area contributed by atoms with Crippen LogP contribution in [0.3, 0.4) is 0 Å². The zero-order chi connectivity index (χ0) is 27.1. The fourth-order valence-corrected chi connectivity index (χ4v) is 6.74. The molecule has 0 saturated carbocycles. The second kappa shape index (κ2) is 8.35. The summed E-state index contributed by atoms with van der Waals surface area (Å²) in [6.45, 7) is 4.81. The Hall–Kier alpha value is -5.29. The van der Waals surface area contributed by atoms with E-state index in [2.05, 4.69) is 112 Å². The smallest absolute Gasteiger partial charge is 0.135 e. The highest BCUT2D eigenvalue weighted by Gasteiger charge is 2.22. The second-order valence-corrected chi connectivity index (χ2v) is 10.8. The van der Waals surface area contributed by atoms with Crippen LogP contribution in [0.25, 0.3) is 67.3 Å². The van der Waals surface area contributed by atoms with E-state index < -0.39 is 0 Å². The summed E-state index contributed by atoms with van der Waals surface area (Å²) in [7, 11) is 0. The molecule has 2 aliphatic heterocycles. The highest BCUT2D eigenvalue weighted by molar-refractivity contribution is 6.08. The first-order valence-corrected chi connectivity index (χ1v) is 14.1. The SMILES string of the molecule is C=Cc1ccc2c(c1)c1c(n2-c2ccc3oc4ccc(-n5c6c(c7ccccc75)NCC=C6)cc4c3c2)CCC=N1. The Morgan fingerprint density at radius 3 is 2.41 bits per heavy atom. The minimum absolute atomic E-state index is 0.840. The van der Waals surface area contributed by atoms with Crippen molar-refractivity contribution in [2.75, 3.05) is 11.9 Å². The fraction of sp³-hybridized carbons (Fsp3) is 0.0833. The second-order valence-electron chi connectivity index (χ2n) is 10.8. The Labute approximate surface area is 236 Å². The average Bonchev–Trinajstić information content (AvgIpc) is 3.67. The van der Waals surface area contributed by atoms with E-state index in [0.29, 0.717) is 0 Å². The number of rotatable bonds is 3. The summed E-state index contributed by atoms with van der Waals surface area (Å²) < 4.78 is 11.1. The maximum Gasteiger partial charge on any atom is 0.135 e. The van der Waals surface area contributed by atoms with Crippen LogP contribution in [0.2, 0.25) is 0 Å². The lowest BCUT2D eigenvalue weighted by Crippen LogP contribution is -2.05. The Balaban J connectivity index is 1.28. The molecule has 4 aromatic carbocycles. The normalized spacial score (nSPS) is 14.1. The lowest BCUT2D eigenvalue weighted by Gasteiger charge is -2.13. The van der Waals surface area contributed by atoms with Gasteiger partial charge in [-0.1, -0.05) is 43.0 Å². The molecule has 1 N–H and O–H groups in total. The third-order valence-electron chi connectivity index (χ3n) is 8.56. The van der Waals surface area contributed by atoms with Crippen molar-refractivity contribution in [1.29, 1.82) is 0 Å². The van der Waals surface area contributed by atoms with Crippen LogP contribution in [0.4, 0.5) is 11.4 Å². The Kier molecular flexibility index (Phi) is 4.59. The third-order valence-corrected chi connectivity index (χ3v) is 8.56. The molecular weight excluding hydrogens is 504 g/mol. The van der Waals surface area contributed by atoms with E-state index in [0.717, 1.165) is 69.5 Å². The number of benzene rings is 4. The molecule has 0 bridgehead atoms. The van der Waals surface area contributed by atoms with Gasteiger partial charge < -0.3 is 18.9 Å². The number of nitrogens with zero attached hydrogens (tertiary/aromatic N) is 3. The summed E-state index contributed by atoms with van der Waals surface area (Å²) in [5.74, 6) is 0. The quantitative estimate of drug-likeness (QED) is 0.248. The van der Waals surface area contributed by atoms with Crippen molar-refractivity contribution in [3.8, 4) is 11.4 Å². The molecule has 5 heteroatoms. The molecule has 5 heterocycles. The number of hydrogen-bond donors (Lipinski definition) is 1. The molecule has 0 unspecified atom stereocenters. The summed E-state index contributed by atoms with van der Waals surface area (Å²) in [6, 6.07) is 28.2. The first kappa shape index (κ1) is 22.5. The zero-order valence-corrected chi connectivity index (χ0v) is 22.4. The first-order chi connectivity index (χ1) is 20.3. The fourth-order valence-electron chi connectivity index (χ4n) is 6.74. The molecule has 0 radical (unpaired) electrons. The van der Waals surface area contributed by atoms with E-state index in [1.54, 1.807) is 0 Å². The molecule has 41 heavy (non-hydrogen) atoms. The van der Waals surface area contributed by atoms with Gasteiger partial charge in [-0.15, -0.1) is 0 Å². The molecule has 9 rings (SSSR count). The summed E-state index contributed by atoms with van der Waals surface area (Å²) in [4.78, 5) is 4.83. The van der Waals surface area contributed by atoms with Crippen LogP contribution < -0.4 is 5.32 Å². The molecule has 0 saturated heterocycles. The summed E-state index contributed by atoms with van der Waals surface area (Å²) in [5, 5.41) is 8.20. The van der Waals surface area contributed by atoms with E-state index in [4.69, 9.17) is 9.41 Å². The molecule has 7 aromatic rings. The van der Waals surface area contributed by atoms with Gasteiger partial charge in [-0.2, -0.15) is 0 Å². The highest BCUT2D eigenvalue weighted by Crippen LogP contribution is 2.41. The van der Waals surface area contributed by atoms with Crippen LogP contribution in [0.5, 0.6) is 0 Å². The average molecular weight is 531 g/mol. The van der Waals surface area contributed by atoms with E-state index in [-0.39, 0.29) is 0 Å². The summed E-state index contributed by atoms with van der Waals surface area (Å²) >= 11 is 0. The number of nitrogens with one attached hydrogen (secondary N) is 1. The predicted molar refractivity (Wildman–Crippen MR) is 171 cm³/mol. The molecule has 0 amide bonds. The number of aromatic nitrogens is 2. The first-order valence-electron chi connectivity index (χ1n) is 14.1. The van der Waals surface area contributed by atoms with Gasteiger partial charge in [0.1, 0.15) is 11.2 Å². The van der Waals surface area contributed by atoms with Crippen molar-refractivity contribution in [2.45, 2.75) is 12.8 Å². The number of anilines is 1. The Bertz CT molecular complexity index is 2290. The van der Waals surface area contributed by atoms with Gasteiger partial charge in [0.05, 0.1) is 28.1 Å². The topological polar surface area (TPSA) is 47.4 Å². The number of fused-ring (bicyclic) bond motifs is 9. The minimum atomic E-state index is 0.840. The molecule has 2 aliphatic rings. The van der Waals surface area contributed by atoms with Crippen LogP contribution in [0, 0.1) is 0 Å². The van der Waals surface area contributed by atoms with Crippen molar-refractivity contribution in [3.05, 3.63) is 108 Å². The molecular formula is C36H26N4O. The van der Waals surface area contributed by atoms with Crippen LogP contribution in [-0.4, -0.2) is 21.9 Å². The van der Waals surface area contributed by atoms with E-state index in [1.165, 1.54) is 33.4 Å². The van der Waals surface area contributed by atoms with Gasteiger partial charge in [0.15, 0.2) is 0 Å². The van der Waals surface area contributed by atoms with Crippen molar-refractivity contribution >= 4 is 73.5 Å². The molecule has 3 aromatic heterocycles. The Morgan fingerprint density at radius 2 is 1.59 bits per heavy atom. The van der Waals surface area contributed by atoms with Crippen LogP contribution >= 0.6 is 0 Å². The maximum atomic E-state index is 6.35. The molecule has 0 spiro atoms. The van der Waals surface area contributed by atoms with Gasteiger partial charge in [0.25, 0.3) is 0 Å². The molecule has 196 valence electrons. The van der Waals surface area contributed by atoms with Crippen LogP contribution in [0.1, 0.15) is 23.4 Å². The Morgan fingerprint density at radius 1 is 0.805 bits per heavy atom. The molecule has 0 aliphatic carbocycles. The number of furan rings is 1. The predicted octanol–water partition coefficient (Wildman–Crippen LogP) is 9.20. The number of hydrogen-bond acceptors (Lipinski definition) is 3. The highest BCUT2D eigenvalue weighted by atomic mass is 16.3. The van der Waals surface area contributed by atoms with E-state index in [9.17, 15) is 0 Å². The van der Waals surface area contributed by atoms with E-state index >= 15 is 0 Å². The summed E-state index contributed by atoms with van der Waals surface area (Å²) in [6.07, 6.45) is 10.2. The van der Waals surface area contributed by atoms with Gasteiger partial charge in [0, 0.05) is 51.4 Å². The van der Waals surface area contributed by atoms with Gasteiger partial charge in [-0.05, 0) is 79.1 Å². The molecule has 0 atom stereocenters. The third kappa shape index (κ3) is 3.14. The van der Waals surface area contributed by atoms with Crippen molar-refractivity contribution < 1.29 is 4.42 Å². The number of aliphatic imine (C=N–C) groups is 1. The van der Waals surface area contributed by atoms with Crippen LogP contribution in [-0.2, 0) is 6.42 Å². The van der Waals surface area contributed by atoms with Gasteiger partial charge >= 0.3 is 0 Å². The monoisotopic (exact) mass is 530 g/mol. The van der Waals surface area contributed by atoms with Gasteiger partial charge in [0.2, 0.25) is 0 Å². The molecule has 5 nitrogen and oxygen atoms in total. The standard InChI is InChI=1S/C36H26N4O/c1-2-22-11-14-30-28(19-22)36-32(10-6-18-38-36)40(30)24-13-16-34-27(21-24)26-20-23(12-15-33(26)41-34)39-29-8-4-3-7-25(29)35-31(39)9-5-17-37-35/h2-5,7-9,11-16,18-21,37H,1,6,10,17H2. The number of para-hydroxylation sites is 1. The zero-order valence-electron chi connectivity index (χ0n) is 22.4. The maximum absolute atomic E-state index is 6.35. The van der Waals surface area contributed by atoms with Gasteiger partial charge in [-0.25, -0.2) is 0 Å². The van der Waals surface area contributed by atoms with Crippen molar-refractivity contribution in [1.82, 2.24) is 9.13 Å². The minimum Gasteiger partial charge on any atom is -0.456 e. The lowest BCUT2D eigenvalue weighted by atomic mass is 10.1. The van der Waals surface area contributed by atoms with E-state index in [1.807, 2.05) is 12.3 Å².